The summed E-state index contributed by atoms with van der Waals surface area (Å²) >= 11 is 0. The summed E-state index contributed by atoms with van der Waals surface area (Å²) in [7, 11) is 0. The van der Waals surface area contributed by atoms with Gasteiger partial charge in [-0.3, -0.25) is 4.79 Å². The van der Waals surface area contributed by atoms with Gasteiger partial charge in [0.2, 0.25) is 0 Å². The first-order chi connectivity index (χ1) is 7.34. The summed E-state index contributed by atoms with van der Waals surface area (Å²) < 4.78 is 5.11. The van der Waals surface area contributed by atoms with Crippen molar-refractivity contribution in [1.82, 2.24) is 0 Å². The molecule has 1 aliphatic carbocycles. The molecule has 1 rings (SSSR count). The second-order valence-corrected chi connectivity index (χ2v) is 4.31. The summed E-state index contributed by atoms with van der Waals surface area (Å²) in [5.41, 5.74) is 0. The van der Waals surface area contributed by atoms with Crippen LogP contribution in [0.4, 0.5) is 0 Å². The van der Waals surface area contributed by atoms with E-state index in [0.29, 0.717) is 6.61 Å². The monoisotopic (exact) mass is 210 g/mol. The van der Waals surface area contributed by atoms with Gasteiger partial charge in [-0.15, -0.1) is 0 Å². The Balaban J connectivity index is 2.34. The van der Waals surface area contributed by atoms with Gasteiger partial charge in [0.1, 0.15) is 6.61 Å². The molecule has 1 fully saturated rings. The first-order valence-electron chi connectivity index (χ1n) is 6.12. The van der Waals surface area contributed by atoms with E-state index in [1.807, 2.05) is 0 Å². The third kappa shape index (κ3) is 5.01. The van der Waals surface area contributed by atoms with Gasteiger partial charge in [0.25, 0.3) is 0 Å². The van der Waals surface area contributed by atoms with E-state index in [4.69, 9.17) is 4.74 Å². The van der Waals surface area contributed by atoms with Gasteiger partial charge in [-0.2, -0.15) is 0 Å². The highest BCUT2D eigenvalue weighted by atomic mass is 16.5. The van der Waals surface area contributed by atoms with Crippen molar-refractivity contribution in [2.75, 3.05) is 6.61 Å². The number of esters is 1. The smallest absolute Gasteiger partial charge is 0.309 e. The third-order valence-corrected chi connectivity index (χ3v) is 3.03. The molecule has 0 heterocycles. The van der Waals surface area contributed by atoms with E-state index in [0.717, 1.165) is 12.8 Å². The van der Waals surface area contributed by atoms with Crippen LogP contribution in [0.25, 0.3) is 0 Å². The molecule has 0 saturated heterocycles. The molecule has 0 amide bonds. The predicted octanol–water partition coefficient (Wildman–Crippen LogP) is 3.47. The number of ether oxygens (including phenoxy) is 1. The Kier molecular flexibility index (Phi) is 6.14. The van der Waals surface area contributed by atoms with E-state index in [9.17, 15) is 4.79 Å². The van der Waals surface area contributed by atoms with E-state index in [2.05, 4.69) is 6.58 Å². The van der Waals surface area contributed by atoms with Crippen LogP contribution in [-0.2, 0) is 9.53 Å². The van der Waals surface area contributed by atoms with Crippen LogP contribution >= 0.6 is 0 Å². The highest BCUT2D eigenvalue weighted by Crippen LogP contribution is 2.22. The zero-order valence-corrected chi connectivity index (χ0v) is 9.54. The molecule has 86 valence electrons. The highest BCUT2D eigenvalue weighted by Gasteiger charge is 2.19. The Morgan fingerprint density at radius 3 is 2.20 bits per heavy atom. The van der Waals surface area contributed by atoms with Crippen molar-refractivity contribution in [2.24, 2.45) is 5.92 Å². The zero-order valence-electron chi connectivity index (χ0n) is 9.54. The van der Waals surface area contributed by atoms with Crippen LogP contribution < -0.4 is 0 Å². The lowest BCUT2D eigenvalue weighted by atomic mass is 9.97. The normalized spacial score (nSPS) is 19.7. The van der Waals surface area contributed by atoms with Gasteiger partial charge < -0.3 is 4.74 Å². The minimum atomic E-state index is -0.0169. The quantitative estimate of drug-likeness (QED) is 0.526. The van der Waals surface area contributed by atoms with Crippen LogP contribution in [0.5, 0.6) is 0 Å². The van der Waals surface area contributed by atoms with Crippen molar-refractivity contribution in [3.8, 4) is 0 Å². The minimum Gasteiger partial charge on any atom is -0.461 e. The number of carbonyl (C=O) groups is 1. The Hall–Kier alpha value is -0.790. The maximum Gasteiger partial charge on any atom is 0.309 e. The summed E-state index contributed by atoms with van der Waals surface area (Å²) in [5.74, 6) is 0.125. The van der Waals surface area contributed by atoms with Crippen molar-refractivity contribution in [1.29, 1.82) is 0 Å². The lowest BCUT2D eigenvalue weighted by Crippen LogP contribution is -2.17. The molecule has 0 unspecified atom stereocenters. The average Bonchev–Trinajstić information content (AvgIpc) is 2.38. The van der Waals surface area contributed by atoms with Crippen LogP contribution in [0.15, 0.2) is 12.7 Å². The SMILES string of the molecule is C=CCOC(=O)C1CCCCCCCC1. The molecule has 0 aromatic heterocycles. The van der Waals surface area contributed by atoms with Crippen LogP contribution in [0.2, 0.25) is 0 Å². The van der Waals surface area contributed by atoms with Gasteiger partial charge in [-0.1, -0.05) is 51.2 Å². The molecule has 15 heavy (non-hydrogen) atoms. The van der Waals surface area contributed by atoms with Gasteiger partial charge in [0.15, 0.2) is 0 Å². The first kappa shape index (κ1) is 12.3. The maximum atomic E-state index is 11.7. The Bertz CT molecular complexity index is 189. The summed E-state index contributed by atoms with van der Waals surface area (Å²) in [5, 5.41) is 0. The highest BCUT2D eigenvalue weighted by molar-refractivity contribution is 5.72. The molecule has 1 aliphatic rings. The summed E-state index contributed by atoms with van der Waals surface area (Å²) in [4.78, 5) is 11.7. The Morgan fingerprint density at radius 1 is 1.13 bits per heavy atom. The van der Waals surface area contributed by atoms with Gasteiger partial charge >= 0.3 is 5.97 Å². The van der Waals surface area contributed by atoms with Crippen LogP contribution in [0, 0.1) is 5.92 Å². The fourth-order valence-corrected chi connectivity index (χ4v) is 2.13. The number of carbonyl (C=O) groups excluding carboxylic acids is 1. The van der Waals surface area contributed by atoms with E-state index in [1.165, 1.54) is 38.5 Å². The lowest BCUT2D eigenvalue weighted by Gasteiger charge is -2.13. The fourth-order valence-electron chi connectivity index (χ4n) is 2.13. The Labute approximate surface area is 92.7 Å². The van der Waals surface area contributed by atoms with E-state index < -0.39 is 0 Å². The summed E-state index contributed by atoms with van der Waals surface area (Å²) in [6.45, 7) is 3.91. The third-order valence-electron chi connectivity index (χ3n) is 3.03. The lowest BCUT2D eigenvalue weighted by molar-refractivity contribution is -0.147. The molecule has 0 aromatic carbocycles. The second kappa shape index (κ2) is 7.49. The molecule has 2 nitrogen and oxygen atoms in total. The number of hydrogen-bond donors (Lipinski definition) is 0. The molecular weight excluding hydrogens is 188 g/mol. The van der Waals surface area contributed by atoms with Crippen molar-refractivity contribution >= 4 is 5.97 Å². The molecule has 0 bridgehead atoms. The molecule has 0 N–H and O–H groups in total. The standard InChI is InChI=1S/C13H22O2/c1-2-11-15-13(14)12-9-7-5-3-4-6-8-10-12/h2,12H,1,3-11H2. The average molecular weight is 210 g/mol. The van der Waals surface area contributed by atoms with Crippen molar-refractivity contribution < 1.29 is 9.53 Å². The Morgan fingerprint density at radius 2 is 1.67 bits per heavy atom. The van der Waals surface area contributed by atoms with Crippen molar-refractivity contribution in [3.63, 3.8) is 0 Å². The van der Waals surface area contributed by atoms with Crippen LogP contribution in [0.1, 0.15) is 51.4 Å². The first-order valence-corrected chi connectivity index (χ1v) is 6.12. The molecule has 0 spiro atoms. The van der Waals surface area contributed by atoms with E-state index in [1.54, 1.807) is 6.08 Å². The largest absolute Gasteiger partial charge is 0.461 e. The molecule has 1 saturated carbocycles. The van der Waals surface area contributed by atoms with E-state index in [-0.39, 0.29) is 11.9 Å². The topological polar surface area (TPSA) is 26.3 Å². The molecule has 0 aromatic rings. The predicted molar refractivity (Wildman–Crippen MR) is 61.6 cm³/mol. The molecule has 2 heteroatoms. The fraction of sp³-hybridized carbons (Fsp3) is 0.769. The number of rotatable bonds is 3. The molecule has 0 radical (unpaired) electrons. The van der Waals surface area contributed by atoms with Gasteiger partial charge in [0, 0.05) is 0 Å². The second-order valence-electron chi connectivity index (χ2n) is 4.31. The zero-order chi connectivity index (χ0) is 10.9. The summed E-state index contributed by atoms with van der Waals surface area (Å²) in [6.07, 6.45) is 11.2. The molecule has 0 aliphatic heterocycles. The van der Waals surface area contributed by atoms with E-state index >= 15 is 0 Å². The maximum absolute atomic E-state index is 11.7. The van der Waals surface area contributed by atoms with Crippen molar-refractivity contribution in [3.05, 3.63) is 12.7 Å². The van der Waals surface area contributed by atoms with Gasteiger partial charge in [0.05, 0.1) is 5.92 Å². The minimum absolute atomic E-state index is 0.0169. The van der Waals surface area contributed by atoms with Crippen molar-refractivity contribution in [2.45, 2.75) is 51.4 Å². The van der Waals surface area contributed by atoms with Crippen LogP contribution in [0.3, 0.4) is 0 Å². The molecule has 0 atom stereocenters. The van der Waals surface area contributed by atoms with Crippen LogP contribution in [-0.4, -0.2) is 12.6 Å². The summed E-state index contributed by atoms with van der Waals surface area (Å²) in [6, 6.07) is 0. The number of hydrogen-bond acceptors (Lipinski definition) is 2. The van der Waals surface area contributed by atoms with Gasteiger partial charge in [-0.25, -0.2) is 0 Å². The van der Waals surface area contributed by atoms with Gasteiger partial charge in [-0.05, 0) is 12.8 Å². The molecular formula is C13H22O2.